The molecule has 3 fully saturated rings. The minimum Gasteiger partial charge on any atom is -0.472 e. The minimum absolute atomic E-state index is 0.0882. The lowest BCUT2D eigenvalue weighted by atomic mass is 10.1. The summed E-state index contributed by atoms with van der Waals surface area (Å²) in [6, 6.07) is 5.87. The summed E-state index contributed by atoms with van der Waals surface area (Å²) < 4.78 is 11.6. The number of fused-ring (bicyclic) bond motifs is 2. The van der Waals surface area contributed by atoms with E-state index in [9.17, 15) is 4.79 Å². The van der Waals surface area contributed by atoms with Crippen LogP contribution in [0.15, 0.2) is 24.4 Å². The highest BCUT2D eigenvalue weighted by molar-refractivity contribution is 5.82. The molecule has 112 valence electrons. The number of pyridine rings is 1. The minimum atomic E-state index is -0.222. The Morgan fingerprint density at radius 2 is 2.29 bits per heavy atom. The van der Waals surface area contributed by atoms with Crippen molar-refractivity contribution in [2.45, 2.75) is 43.9 Å². The van der Waals surface area contributed by atoms with E-state index in [2.05, 4.69) is 4.98 Å². The van der Waals surface area contributed by atoms with E-state index in [1.54, 1.807) is 6.20 Å². The van der Waals surface area contributed by atoms with Crippen molar-refractivity contribution in [3.05, 3.63) is 24.4 Å². The van der Waals surface area contributed by atoms with Crippen LogP contribution in [0.4, 0.5) is 0 Å². The molecule has 4 rings (SSSR count). The van der Waals surface area contributed by atoms with Crippen LogP contribution in [0, 0.1) is 5.92 Å². The number of carbonyl (C=O) groups excluding carboxylic acids is 1. The molecule has 0 radical (unpaired) electrons. The molecule has 0 unspecified atom stereocenters. The van der Waals surface area contributed by atoms with Gasteiger partial charge >= 0.3 is 0 Å². The zero-order valence-electron chi connectivity index (χ0n) is 12.0. The second-order valence-electron chi connectivity index (χ2n) is 6.15. The first-order valence-corrected chi connectivity index (χ1v) is 7.83. The van der Waals surface area contributed by atoms with Gasteiger partial charge in [-0.05, 0) is 31.7 Å². The number of amides is 1. The molecule has 5 heteroatoms. The van der Waals surface area contributed by atoms with E-state index < -0.39 is 0 Å². The maximum absolute atomic E-state index is 12.6. The lowest BCUT2D eigenvalue weighted by Crippen LogP contribution is -2.45. The van der Waals surface area contributed by atoms with Crippen molar-refractivity contribution in [2.75, 3.05) is 13.2 Å². The van der Waals surface area contributed by atoms with Gasteiger partial charge in [-0.25, -0.2) is 4.98 Å². The SMILES string of the molecule is O=C([C@H]1CCCO1)N1C[C@H]2CC[C@H]1[C@H]2Oc1ccccn1. The van der Waals surface area contributed by atoms with Crippen LogP contribution in [0.1, 0.15) is 25.7 Å². The monoisotopic (exact) mass is 288 g/mol. The van der Waals surface area contributed by atoms with E-state index in [-0.39, 0.29) is 24.2 Å². The van der Waals surface area contributed by atoms with Gasteiger partial charge in [-0.1, -0.05) is 6.07 Å². The third-order valence-corrected chi connectivity index (χ3v) is 4.89. The van der Waals surface area contributed by atoms with Crippen molar-refractivity contribution in [2.24, 2.45) is 5.92 Å². The Labute approximate surface area is 124 Å². The van der Waals surface area contributed by atoms with Crippen molar-refractivity contribution in [1.29, 1.82) is 0 Å². The largest absolute Gasteiger partial charge is 0.472 e. The molecule has 2 bridgehead atoms. The van der Waals surface area contributed by atoms with Crippen LogP contribution in [0.3, 0.4) is 0 Å². The number of carbonyl (C=O) groups is 1. The molecule has 1 aromatic rings. The van der Waals surface area contributed by atoms with Gasteiger partial charge in [-0.3, -0.25) is 4.79 Å². The summed E-state index contributed by atoms with van der Waals surface area (Å²) in [5.41, 5.74) is 0. The number of rotatable bonds is 3. The van der Waals surface area contributed by atoms with Gasteiger partial charge in [0.05, 0.1) is 6.04 Å². The van der Waals surface area contributed by atoms with Crippen LogP contribution in [0.5, 0.6) is 5.88 Å². The number of hydrogen-bond donors (Lipinski definition) is 0. The second kappa shape index (κ2) is 5.30. The molecule has 1 amide bonds. The highest BCUT2D eigenvalue weighted by Crippen LogP contribution is 2.40. The first kappa shape index (κ1) is 13.1. The van der Waals surface area contributed by atoms with E-state index in [0.29, 0.717) is 18.4 Å². The highest BCUT2D eigenvalue weighted by Gasteiger charge is 2.51. The third kappa shape index (κ3) is 2.29. The van der Waals surface area contributed by atoms with Crippen molar-refractivity contribution >= 4 is 5.91 Å². The van der Waals surface area contributed by atoms with Gasteiger partial charge in [-0.15, -0.1) is 0 Å². The smallest absolute Gasteiger partial charge is 0.252 e. The van der Waals surface area contributed by atoms with Crippen LogP contribution in [0.2, 0.25) is 0 Å². The average molecular weight is 288 g/mol. The maximum atomic E-state index is 12.6. The second-order valence-corrected chi connectivity index (χ2v) is 6.15. The molecule has 1 aromatic heterocycles. The standard InChI is InChI=1S/C16H20N2O3/c19-16(13-4-3-9-20-13)18-10-11-6-7-12(18)15(11)21-14-5-1-2-8-17-14/h1-2,5,8,11-13,15H,3-4,6-7,9-10H2/t11-,12+,13-,15+/m1/s1. The van der Waals surface area contributed by atoms with Gasteiger partial charge in [0, 0.05) is 31.3 Å². The molecule has 0 aromatic carbocycles. The van der Waals surface area contributed by atoms with Crippen LogP contribution < -0.4 is 4.74 Å². The Bertz CT molecular complexity index is 516. The molecule has 1 aliphatic carbocycles. The Hall–Kier alpha value is -1.62. The zero-order chi connectivity index (χ0) is 14.2. The summed E-state index contributed by atoms with van der Waals surface area (Å²) in [5, 5.41) is 0. The number of aromatic nitrogens is 1. The fourth-order valence-electron chi connectivity index (χ4n) is 3.89. The Kier molecular flexibility index (Phi) is 3.30. The molecule has 0 spiro atoms. The van der Waals surface area contributed by atoms with Gasteiger partial charge in [0.2, 0.25) is 5.88 Å². The van der Waals surface area contributed by atoms with Gasteiger partial charge in [0.1, 0.15) is 12.2 Å². The fraction of sp³-hybridized carbons (Fsp3) is 0.625. The summed E-state index contributed by atoms with van der Waals surface area (Å²) in [6.45, 7) is 1.52. The lowest BCUT2D eigenvalue weighted by molar-refractivity contribution is -0.143. The van der Waals surface area contributed by atoms with Crippen molar-refractivity contribution in [3.8, 4) is 5.88 Å². The van der Waals surface area contributed by atoms with Gasteiger partial charge in [-0.2, -0.15) is 0 Å². The number of nitrogens with zero attached hydrogens (tertiary/aromatic N) is 2. The van der Waals surface area contributed by atoms with E-state index in [1.807, 2.05) is 23.1 Å². The molecule has 4 atom stereocenters. The summed E-state index contributed by atoms with van der Waals surface area (Å²) in [6.07, 6.45) is 5.62. The number of likely N-dealkylation sites (tertiary alicyclic amines) is 1. The molecular weight excluding hydrogens is 268 g/mol. The Morgan fingerprint density at radius 1 is 1.33 bits per heavy atom. The zero-order valence-corrected chi connectivity index (χ0v) is 12.0. The van der Waals surface area contributed by atoms with Gasteiger partial charge in [0.25, 0.3) is 5.91 Å². The number of hydrogen-bond acceptors (Lipinski definition) is 4. The molecule has 3 heterocycles. The molecule has 1 saturated carbocycles. The molecule has 3 aliphatic rings. The number of ether oxygens (including phenoxy) is 2. The number of piperidine rings is 1. The van der Waals surface area contributed by atoms with Crippen molar-refractivity contribution in [3.63, 3.8) is 0 Å². The molecule has 2 saturated heterocycles. The van der Waals surface area contributed by atoms with E-state index in [4.69, 9.17) is 9.47 Å². The van der Waals surface area contributed by atoms with Crippen molar-refractivity contribution < 1.29 is 14.3 Å². The summed E-state index contributed by atoms with van der Waals surface area (Å²) >= 11 is 0. The molecule has 21 heavy (non-hydrogen) atoms. The van der Waals surface area contributed by atoms with E-state index in [1.165, 1.54) is 0 Å². The average Bonchev–Trinajstić information content (AvgIpc) is 3.24. The van der Waals surface area contributed by atoms with Crippen LogP contribution >= 0.6 is 0 Å². The molecular formula is C16H20N2O3. The molecule has 2 aliphatic heterocycles. The summed E-state index contributed by atoms with van der Waals surface area (Å²) in [4.78, 5) is 18.8. The van der Waals surface area contributed by atoms with Crippen LogP contribution in [-0.4, -0.2) is 47.2 Å². The summed E-state index contributed by atoms with van der Waals surface area (Å²) in [7, 11) is 0. The fourth-order valence-corrected chi connectivity index (χ4v) is 3.89. The first-order chi connectivity index (χ1) is 10.3. The summed E-state index contributed by atoms with van der Waals surface area (Å²) in [5.74, 6) is 1.25. The Balaban J connectivity index is 1.47. The predicted octanol–water partition coefficient (Wildman–Crippen LogP) is 1.63. The van der Waals surface area contributed by atoms with E-state index >= 15 is 0 Å². The lowest BCUT2D eigenvalue weighted by Gasteiger charge is -2.29. The molecule has 5 nitrogen and oxygen atoms in total. The maximum Gasteiger partial charge on any atom is 0.252 e. The first-order valence-electron chi connectivity index (χ1n) is 7.83. The predicted molar refractivity (Wildman–Crippen MR) is 75.9 cm³/mol. The van der Waals surface area contributed by atoms with Crippen LogP contribution in [-0.2, 0) is 9.53 Å². The van der Waals surface area contributed by atoms with E-state index in [0.717, 1.165) is 32.2 Å². The molecule has 0 N–H and O–H groups in total. The van der Waals surface area contributed by atoms with Gasteiger partial charge < -0.3 is 14.4 Å². The topological polar surface area (TPSA) is 51.7 Å². The van der Waals surface area contributed by atoms with Gasteiger partial charge in [0.15, 0.2) is 0 Å². The third-order valence-electron chi connectivity index (χ3n) is 4.89. The highest BCUT2D eigenvalue weighted by atomic mass is 16.5. The Morgan fingerprint density at radius 3 is 3.05 bits per heavy atom. The van der Waals surface area contributed by atoms with Crippen LogP contribution in [0.25, 0.3) is 0 Å². The normalized spacial score (nSPS) is 34.4. The quantitative estimate of drug-likeness (QED) is 0.848. The van der Waals surface area contributed by atoms with Crippen molar-refractivity contribution in [1.82, 2.24) is 9.88 Å².